The van der Waals surface area contributed by atoms with Crippen molar-refractivity contribution in [1.29, 1.82) is 0 Å². The van der Waals surface area contributed by atoms with Gasteiger partial charge in [0.25, 0.3) is 0 Å². The maximum atomic E-state index is 12.8. The van der Waals surface area contributed by atoms with Crippen molar-refractivity contribution >= 4 is 28.7 Å². The molecule has 0 unspecified atom stereocenters. The number of thiocarbonyl (C=S) groups is 1. The Morgan fingerprint density at radius 3 is 2.45 bits per heavy atom. The van der Waals surface area contributed by atoms with Crippen LogP contribution in [-0.2, 0) is 0 Å². The van der Waals surface area contributed by atoms with Crippen LogP contribution in [0.4, 0.5) is 15.8 Å². The summed E-state index contributed by atoms with van der Waals surface area (Å²) in [6, 6.07) is 12.1. The van der Waals surface area contributed by atoms with E-state index >= 15 is 0 Å². The van der Waals surface area contributed by atoms with Gasteiger partial charge in [-0.15, -0.1) is 0 Å². The van der Waals surface area contributed by atoms with Crippen molar-refractivity contribution in [3.8, 4) is 0 Å². The smallest absolute Gasteiger partial charge is 0.189 e. The molecular formula is C15H16FN3S. The van der Waals surface area contributed by atoms with Crippen molar-refractivity contribution in [2.45, 2.75) is 13.8 Å². The van der Waals surface area contributed by atoms with Crippen LogP contribution in [-0.4, -0.2) is 5.11 Å². The molecule has 20 heavy (non-hydrogen) atoms. The third-order valence-corrected chi connectivity index (χ3v) is 3.01. The second kappa shape index (κ2) is 6.34. The van der Waals surface area contributed by atoms with Crippen molar-refractivity contribution in [3.63, 3.8) is 0 Å². The van der Waals surface area contributed by atoms with Gasteiger partial charge >= 0.3 is 0 Å². The summed E-state index contributed by atoms with van der Waals surface area (Å²) in [6.07, 6.45) is 0. The van der Waals surface area contributed by atoms with Crippen molar-refractivity contribution in [2.75, 3.05) is 10.7 Å². The quantitative estimate of drug-likeness (QED) is 0.594. The van der Waals surface area contributed by atoms with Crippen LogP contribution in [0.3, 0.4) is 0 Å². The maximum absolute atomic E-state index is 12.8. The largest absolute Gasteiger partial charge is 0.331 e. The average Bonchev–Trinajstić information content (AvgIpc) is 2.42. The number of aryl methyl sites for hydroxylation is 2. The second-order valence-electron chi connectivity index (χ2n) is 4.53. The van der Waals surface area contributed by atoms with Crippen LogP contribution >= 0.6 is 12.2 Å². The van der Waals surface area contributed by atoms with Gasteiger partial charge in [-0.25, -0.2) is 4.39 Å². The molecule has 0 radical (unpaired) electrons. The van der Waals surface area contributed by atoms with Crippen LogP contribution in [0.5, 0.6) is 0 Å². The monoisotopic (exact) mass is 289 g/mol. The predicted octanol–water partition coefficient (Wildman–Crippen LogP) is 3.76. The fourth-order valence-corrected chi connectivity index (χ4v) is 1.86. The zero-order chi connectivity index (χ0) is 14.5. The molecule has 104 valence electrons. The maximum Gasteiger partial charge on any atom is 0.189 e. The molecule has 0 aliphatic heterocycles. The summed E-state index contributed by atoms with van der Waals surface area (Å²) < 4.78 is 12.8. The number of nitrogens with one attached hydrogen (secondary N) is 3. The average molecular weight is 289 g/mol. The molecule has 0 aromatic heterocycles. The standard InChI is InChI=1S/C15H16FN3S/c1-10-3-4-11(2)14(9-10)18-19-15(20)17-13-7-5-12(16)6-8-13/h3-9,18H,1-2H3,(H2,17,19,20). The Morgan fingerprint density at radius 1 is 1.05 bits per heavy atom. The van der Waals surface area contributed by atoms with Gasteiger partial charge in [-0.1, -0.05) is 12.1 Å². The Balaban J connectivity index is 1.92. The zero-order valence-corrected chi connectivity index (χ0v) is 12.1. The summed E-state index contributed by atoms with van der Waals surface area (Å²) in [5, 5.41) is 3.38. The van der Waals surface area contributed by atoms with E-state index in [1.54, 1.807) is 12.1 Å². The summed E-state index contributed by atoms with van der Waals surface area (Å²) in [5.41, 5.74) is 9.94. The Kier molecular flexibility index (Phi) is 4.53. The number of anilines is 2. The number of rotatable bonds is 3. The normalized spacial score (nSPS) is 9.95. The third kappa shape index (κ3) is 3.93. The summed E-state index contributed by atoms with van der Waals surface area (Å²) in [5.74, 6) is -0.275. The van der Waals surface area contributed by atoms with Gasteiger partial charge in [-0.3, -0.25) is 10.9 Å². The first kappa shape index (κ1) is 14.3. The van der Waals surface area contributed by atoms with Crippen molar-refractivity contribution < 1.29 is 4.39 Å². The predicted molar refractivity (Wildman–Crippen MR) is 85.3 cm³/mol. The van der Waals surface area contributed by atoms with E-state index in [4.69, 9.17) is 12.2 Å². The van der Waals surface area contributed by atoms with E-state index in [2.05, 4.69) is 22.2 Å². The Hall–Kier alpha value is -2.14. The molecule has 0 amide bonds. The van der Waals surface area contributed by atoms with Crippen LogP contribution < -0.4 is 16.2 Å². The van der Waals surface area contributed by atoms with Gasteiger partial charge in [0.05, 0.1) is 5.69 Å². The molecular weight excluding hydrogens is 273 g/mol. The summed E-state index contributed by atoms with van der Waals surface area (Å²) in [4.78, 5) is 0. The second-order valence-corrected chi connectivity index (χ2v) is 4.94. The molecule has 2 aromatic rings. The highest BCUT2D eigenvalue weighted by Gasteiger charge is 2.00. The lowest BCUT2D eigenvalue weighted by molar-refractivity contribution is 0.628. The molecule has 0 bridgehead atoms. The summed E-state index contributed by atoms with van der Waals surface area (Å²) in [6.45, 7) is 4.04. The van der Waals surface area contributed by atoms with Gasteiger partial charge in [0.2, 0.25) is 0 Å². The van der Waals surface area contributed by atoms with Crippen molar-refractivity contribution in [1.82, 2.24) is 5.43 Å². The third-order valence-electron chi connectivity index (χ3n) is 2.81. The molecule has 0 fully saturated rings. The molecule has 0 spiro atoms. The lowest BCUT2D eigenvalue weighted by Crippen LogP contribution is -2.33. The topological polar surface area (TPSA) is 36.1 Å². The fourth-order valence-electron chi connectivity index (χ4n) is 1.69. The van der Waals surface area contributed by atoms with Crippen LogP contribution in [0.25, 0.3) is 0 Å². The number of halogens is 1. The first-order valence-corrected chi connectivity index (χ1v) is 6.61. The lowest BCUT2D eigenvalue weighted by Gasteiger charge is -2.14. The minimum absolute atomic E-state index is 0.275. The van der Waals surface area contributed by atoms with Gasteiger partial charge in [-0.05, 0) is 67.5 Å². The van der Waals surface area contributed by atoms with E-state index in [1.807, 2.05) is 26.0 Å². The molecule has 2 rings (SSSR count). The Morgan fingerprint density at radius 2 is 1.75 bits per heavy atom. The highest BCUT2D eigenvalue weighted by molar-refractivity contribution is 7.80. The molecule has 0 atom stereocenters. The summed E-state index contributed by atoms with van der Waals surface area (Å²) in [7, 11) is 0. The minimum atomic E-state index is -0.275. The molecule has 0 saturated carbocycles. The molecule has 0 aliphatic rings. The number of hydrogen-bond donors (Lipinski definition) is 3. The molecule has 2 aromatic carbocycles. The van der Waals surface area contributed by atoms with Crippen LogP contribution in [0.2, 0.25) is 0 Å². The van der Waals surface area contributed by atoms with Gasteiger partial charge in [0, 0.05) is 5.69 Å². The number of benzene rings is 2. The Bertz CT molecular complexity index is 611. The SMILES string of the molecule is Cc1ccc(C)c(NNC(=S)Nc2ccc(F)cc2)c1. The zero-order valence-electron chi connectivity index (χ0n) is 11.3. The minimum Gasteiger partial charge on any atom is -0.331 e. The molecule has 0 saturated heterocycles. The first-order chi connectivity index (χ1) is 9.54. The van der Waals surface area contributed by atoms with E-state index in [1.165, 1.54) is 12.1 Å². The van der Waals surface area contributed by atoms with Crippen molar-refractivity contribution in [3.05, 3.63) is 59.4 Å². The highest BCUT2D eigenvalue weighted by atomic mass is 32.1. The van der Waals surface area contributed by atoms with Crippen molar-refractivity contribution in [2.24, 2.45) is 0 Å². The van der Waals surface area contributed by atoms with Gasteiger partial charge < -0.3 is 5.32 Å². The first-order valence-electron chi connectivity index (χ1n) is 6.20. The van der Waals surface area contributed by atoms with E-state index < -0.39 is 0 Å². The summed E-state index contributed by atoms with van der Waals surface area (Å²) >= 11 is 5.17. The van der Waals surface area contributed by atoms with E-state index in [0.29, 0.717) is 5.11 Å². The molecule has 0 aliphatic carbocycles. The van der Waals surface area contributed by atoms with E-state index in [0.717, 1.165) is 22.5 Å². The molecule has 3 N–H and O–H groups in total. The number of hydrogen-bond acceptors (Lipinski definition) is 2. The lowest BCUT2D eigenvalue weighted by atomic mass is 10.1. The van der Waals surface area contributed by atoms with Crippen LogP contribution in [0.1, 0.15) is 11.1 Å². The van der Waals surface area contributed by atoms with Crippen LogP contribution in [0.15, 0.2) is 42.5 Å². The van der Waals surface area contributed by atoms with E-state index in [9.17, 15) is 4.39 Å². The van der Waals surface area contributed by atoms with E-state index in [-0.39, 0.29) is 5.82 Å². The number of hydrazine groups is 1. The highest BCUT2D eigenvalue weighted by Crippen LogP contribution is 2.15. The van der Waals surface area contributed by atoms with Gasteiger partial charge in [-0.2, -0.15) is 0 Å². The molecule has 0 heterocycles. The molecule has 3 nitrogen and oxygen atoms in total. The molecule has 5 heteroatoms. The van der Waals surface area contributed by atoms with Crippen LogP contribution in [0, 0.1) is 19.7 Å². The van der Waals surface area contributed by atoms with Gasteiger partial charge in [0.15, 0.2) is 5.11 Å². The van der Waals surface area contributed by atoms with Gasteiger partial charge in [0.1, 0.15) is 5.82 Å². The fraction of sp³-hybridized carbons (Fsp3) is 0.133. The Labute approximate surface area is 123 Å².